The van der Waals surface area contributed by atoms with Crippen molar-refractivity contribution in [3.63, 3.8) is 0 Å². The fourth-order valence-corrected chi connectivity index (χ4v) is 3.44. The van der Waals surface area contributed by atoms with Crippen molar-refractivity contribution in [3.05, 3.63) is 65.2 Å². The summed E-state index contributed by atoms with van der Waals surface area (Å²) in [4.78, 5) is 38.2. The summed E-state index contributed by atoms with van der Waals surface area (Å²) in [6.45, 7) is 4.65. The maximum atomic E-state index is 12.3. The van der Waals surface area contributed by atoms with Crippen LogP contribution in [0.15, 0.2) is 48.5 Å². The van der Waals surface area contributed by atoms with Crippen molar-refractivity contribution in [2.45, 2.75) is 39.2 Å². The fraction of sp³-hybridized carbons (Fsp3) is 0.348. The molecule has 1 aliphatic heterocycles. The first-order valence-electron chi connectivity index (χ1n) is 10.0. The Hall–Kier alpha value is -3.15. The Labute approximate surface area is 171 Å². The average molecular weight is 393 g/mol. The van der Waals surface area contributed by atoms with Gasteiger partial charge in [-0.15, -0.1) is 0 Å². The number of carbonyl (C=O) groups is 3. The standard InChI is InChI=1S/C23H27N3O3/c1-3-20(17-8-6-16(2)7-9-17)25-21(27)15-24-23(29)18-10-12-19(13-11-18)26-14-4-5-22(26)28/h6-13,20H,3-5,14-15H2,1-2H3,(H,24,29)(H,25,27)/t20-/m1/s1. The van der Waals surface area contributed by atoms with Crippen LogP contribution in [0.25, 0.3) is 0 Å². The summed E-state index contributed by atoms with van der Waals surface area (Å²) >= 11 is 0. The molecule has 0 radical (unpaired) electrons. The van der Waals surface area contributed by atoms with Gasteiger partial charge in [-0.05, 0) is 49.6 Å². The van der Waals surface area contributed by atoms with Gasteiger partial charge in [-0.25, -0.2) is 0 Å². The molecule has 0 aromatic heterocycles. The highest BCUT2D eigenvalue weighted by Gasteiger charge is 2.21. The van der Waals surface area contributed by atoms with Gasteiger partial charge in [0.1, 0.15) is 0 Å². The molecule has 0 saturated carbocycles. The van der Waals surface area contributed by atoms with E-state index in [9.17, 15) is 14.4 Å². The van der Waals surface area contributed by atoms with Gasteiger partial charge in [0.2, 0.25) is 11.8 Å². The van der Waals surface area contributed by atoms with Gasteiger partial charge < -0.3 is 15.5 Å². The molecule has 2 N–H and O–H groups in total. The number of benzene rings is 2. The van der Waals surface area contributed by atoms with Crippen LogP contribution in [0.5, 0.6) is 0 Å². The molecule has 2 aromatic carbocycles. The predicted octanol–water partition coefficient (Wildman–Crippen LogP) is 3.12. The van der Waals surface area contributed by atoms with E-state index in [4.69, 9.17) is 0 Å². The predicted molar refractivity (Wildman–Crippen MR) is 113 cm³/mol. The van der Waals surface area contributed by atoms with Crippen LogP contribution in [0, 0.1) is 6.92 Å². The van der Waals surface area contributed by atoms with Gasteiger partial charge in [-0.1, -0.05) is 36.8 Å². The zero-order valence-electron chi connectivity index (χ0n) is 16.9. The highest BCUT2D eigenvalue weighted by Crippen LogP contribution is 2.21. The van der Waals surface area contributed by atoms with E-state index >= 15 is 0 Å². The molecule has 152 valence electrons. The van der Waals surface area contributed by atoms with Gasteiger partial charge in [0.05, 0.1) is 12.6 Å². The lowest BCUT2D eigenvalue weighted by Gasteiger charge is -2.18. The van der Waals surface area contributed by atoms with Gasteiger partial charge in [-0.3, -0.25) is 14.4 Å². The summed E-state index contributed by atoms with van der Waals surface area (Å²) in [5, 5.41) is 5.62. The summed E-state index contributed by atoms with van der Waals surface area (Å²) < 4.78 is 0. The number of aryl methyl sites for hydroxylation is 1. The Morgan fingerprint density at radius 2 is 1.76 bits per heavy atom. The molecule has 1 atom stereocenters. The van der Waals surface area contributed by atoms with E-state index in [0.29, 0.717) is 18.5 Å². The molecule has 0 spiro atoms. The number of nitrogens with one attached hydrogen (secondary N) is 2. The molecule has 3 rings (SSSR count). The third kappa shape index (κ3) is 5.22. The van der Waals surface area contributed by atoms with Crippen LogP contribution >= 0.6 is 0 Å². The zero-order valence-corrected chi connectivity index (χ0v) is 16.9. The second-order valence-corrected chi connectivity index (χ2v) is 7.32. The fourth-order valence-electron chi connectivity index (χ4n) is 3.44. The molecule has 2 aromatic rings. The average Bonchev–Trinajstić information content (AvgIpc) is 3.17. The largest absolute Gasteiger partial charge is 0.348 e. The Balaban J connectivity index is 1.52. The lowest BCUT2D eigenvalue weighted by atomic mass is 10.0. The molecule has 0 unspecified atom stereocenters. The second kappa shape index (κ2) is 9.37. The van der Waals surface area contributed by atoms with Crippen LogP contribution < -0.4 is 15.5 Å². The molecule has 3 amide bonds. The van der Waals surface area contributed by atoms with Gasteiger partial charge in [0.25, 0.3) is 5.91 Å². The van der Waals surface area contributed by atoms with Crippen LogP contribution in [0.3, 0.4) is 0 Å². The normalized spacial score (nSPS) is 14.6. The Kier molecular flexibility index (Phi) is 6.65. The Bertz CT molecular complexity index is 875. The van der Waals surface area contributed by atoms with Gasteiger partial charge in [0.15, 0.2) is 0 Å². The van der Waals surface area contributed by atoms with Crippen molar-refractivity contribution in [2.24, 2.45) is 0 Å². The number of hydrogen-bond donors (Lipinski definition) is 2. The van der Waals surface area contributed by atoms with Gasteiger partial charge >= 0.3 is 0 Å². The van der Waals surface area contributed by atoms with Crippen LogP contribution in [0.2, 0.25) is 0 Å². The number of rotatable bonds is 7. The summed E-state index contributed by atoms with van der Waals surface area (Å²) in [5.41, 5.74) is 3.47. The Morgan fingerprint density at radius 3 is 2.34 bits per heavy atom. The smallest absolute Gasteiger partial charge is 0.251 e. The minimum absolute atomic E-state index is 0.0858. The molecular weight excluding hydrogens is 366 g/mol. The van der Waals surface area contributed by atoms with Gasteiger partial charge in [-0.2, -0.15) is 0 Å². The minimum atomic E-state index is -0.317. The highest BCUT2D eigenvalue weighted by molar-refractivity contribution is 5.98. The molecular formula is C23H27N3O3. The van der Waals surface area contributed by atoms with E-state index < -0.39 is 0 Å². The van der Waals surface area contributed by atoms with Crippen molar-refractivity contribution in [3.8, 4) is 0 Å². The van der Waals surface area contributed by atoms with Gasteiger partial charge in [0, 0.05) is 24.2 Å². The number of hydrogen-bond acceptors (Lipinski definition) is 3. The zero-order chi connectivity index (χ0) is 20.8. The van der Waals surface area contributed by atoms with Crippen molar-refractivity contribution >= 4 is 23.4 Å². The van der Waals surface area contributed by atoms with E-state index in [1.807, 2.05) is 38.1 Å². The van der Waals surface area contributed by atoms with Crippen LogP contribution in [-0.2, 0) is 9.59 Å². The molecule has 1 fully saturated rings. The molecule has 29 heavy (non-hydrogen) atoms. The first-order valence-corrected chi connectivity index (χ1v) is 10.0. The molecule has 6 nitrogen and oxygen atoms in total. The lowest BCUT2D eigenvalue weighted by molar-refractivity contribution is -0.121. The van der Waals surface area contributed by atoms with Crippen molar-refractivity contribution in [1.29, 1.82) is 0 Å². The first-order chi connectivity index (χ1) is 14.0. The lowest BCUT2D eigenvalue weighted by Crippen LogP contribution is -2.38. The van der Waals surface area contributed by atoms with E-state index in [2.05, 4.69) is 10.6 Å². The van der Waals surface area contributed by atoms with Crippen LogP contribution in [-0.4, -0.2) is 30.8 Å². The minimum Gasteiger partial charge on any atom is -0.348 e. The topological polar surface area (TPSA) is 78.5 Å². The highest BCUT2D eigenvalue weighted by atomic mass is 16.2. The third-order valence-corrected chi connectivity index (χ3v) is 5.15. The maximum absolute atomic E-state index is 12.3. The number of amides is 3. The molecule has 1 aliphatic rings. The molecule has 0 bridgehead atoms. The summed E-state index contributed by atoms with van der Waals surface area (Å²) in [7, 11) is 0. The number of anilines is 1. The molecule has 6 heteroatoms. The second-order valence-electron chi connectivity index (χ2n) is 7.32. The molecule has 1 saturated heterocycles. The molecule has 1 heterocycles. The Morgan fingerprint density at radius 1 is 1.07 bits per heavy atom. The monoisotopic (exact) mass is 393 g/mol. The first kappa shape index (κ1) is 20.6. The molecule has 0 aliphatic carbocycles. The maximum Gasteiger partial charge on any atom is 0.251 e. The summed E-state index contributed by atoms with van der Waals surface area (Å²) in [5.74, 6) is -0.439. The van der Waals surface area contributed by atoms with E-state index in [1.165, 1.54) is 5.56 Å². The van der Waals surface area contributed by atoms with Crippen molar-refractivity contribution < 1.29 is 14.4 Å². The van der Waals surface area contributed by atoms with E-state index in [-0.39, 0.29) is 30.3 Å². The number of carbonyl (C=O) groups excluding carboxylic acids is 3. The van der Waals surface area contributed by atoms with E-state index in [0.717, 1.165) is 24.1 Å². The van der Waals surface area contributed by atoms with Crippen LogP contribution in [0.1, 0.15) is 53.7 Å². The van der Waals surface area contributed by atoms with Crippen molar-refractivity contribution in [1.82, 2.24) is 10.6 Å². The number of nitrogens with zero attached hydrogens (tertiary/aromatic N) is 1. The van der Waals surface area contributed by atoms with Crippen molar-refractivity contribution in [2.75, 3.05) is 18.0 Å². The third-order valence-electron chi connectivity index (χ3n) is 5.15. The van der Waals surface area contributed by atoms with E-state index in [1.54, 1.807) is 29.2 Å². The summed E-state index contributed by atoms with van der Waals surface area (Å²) in [6, 6.07) is 14.9. The van der Waals surface area contributed by atoms with Crippen LogP contribution in [0.4, 0.5) is 5.69 Å². The SMILES string of the molecule is CC[C@@H](NC(=O)CNC(=O)c1ccc(N2CCCC2=O)cc1)c1ccc(C)cc1. The quantitative estimate of drug-likeness (QED) is 0.759. The summed E-state index contributed by atoms with van der Waals surface area (Å²) in [6.07, 6.45) is 2.19.